The Hall–Kier alpha value is -1.44. The third-order valence-electron chi connectivity index (χ3n) is 2.53. The van der Waals surface area contributed by atoms with Crippen LogP contribution in [0.3, 0.4) is 0 Å². The first-order chi connectivity index (χ1) is 8.84. The fraction of sp³-hybridized carbons (Fsp3) is 0.417. The van der Waals surface area contributed by atoms with Gasteiger partial charge in [0.1, 0.15) is 0 Å². The molecule has 0 aliphatic rings. The van der Waals surface area contributed by atoms with Crippen molar-refractivity contribution in [3.05, 3.63) is 23.8 Å². The number of anilines is 1. The molecule has 0 radical (unpaired) electrons. The van der Waals surface area contributed by atoms with Gasteiger partial charge in [0.2, 0.25) is 15.9 Å². The van der Waals surface area contributed by atoms with Crippen LogP contribution in [0.1, 0.15) is 18.4 Å². The van der Waals surface area contributed by atoms with Crippen LogP contribution in [0, 0.1) is 6.92 Å². The normalized spacial score (nSPS) is 11.3. The third-order valence-corrected chi connectivity index (χ3v) is 3.58. The van der Waals surface area contributed by atoms with Crippen LogP contribution in [-0.4, -0.2) is 28.0 Å². The van der Waals surface area contributed by atoms with E-state index in [0.717, 1.165) is 0 Å². The molecule has 1 aromatic rings. The first-order valence-electron chi connectivity index (χ1n) is 5.77. The number of rotatable bonds is 6. The maximum Gasteiger partial charge on any atom is 0.238 e. The predicted octanol–water partition coefficient (Wildman–Crippen LogP) is 1.01. The molecule has 0 heterocycles. The average molecular weight is 286 g/mol. The summed E-state index contributed by atoms with van der Waals surface area (Å²) in [6, 6.07) is 4.60. The van der Waals surface area contributed by atoms with E-state index in [1.807, 2.05) is 0 Å². The number of sulfonamides is 1. The molecule has 7 heteroatoms. The van der Waals surface area contributed by atoms with E-state index >= 15 is 0 Å². The number of carbonyl (C=O) groups excluding carboxylic acids is 1. The molecule has 0 aromatic heterocycles. The zero-order valence-electron chi connectivity index (χ0n) is 11.0. The van der Waals surface area contributed by atoms with Gasteiger partial charge in [-0.15, -0.1) is 0 Å². The molecule has 1 amide bonds. The lowest BCUT2D eigenvalue weighted by molar-refractivity contribution is -0.116. The molecule has 0 fully saturated rings. The van der Waals surface area contributed by atoms with Gasteiger partial charge in [0.25, 0.3) is 0 Å². The minimum atomic E-state index is -3.78. The van der Waals surface area contributed by atoms with Crippen molar-refractivity contribution in [1.82, 2.24) is 0 Å². The third kappa shape index (κ3) is 4.98. The van der Waals surface area contributed by atoms with Crippen molar-refractivity contribution >= 4 is 21.6 Å². The van der Waals surface area contributed by atoms with Crippen LogP contribution in [0.25, 0.3) is 0 Å². The number of aryl methyl sites for hydroxylation is 1. The molecule has 0 bridgehead atoms. The summed E-state index contributed by atoms with van der Waals surface area (Å²) in [5.41, 5.74) is 0.955. The van der Waals surface area contributed by atoms with E-state index in [0.29, 0.717) is 30.7 Å². The maximum atomic E-state index is 11.6. The summed E-state index contributed by atoms with van der Waals surface area (Å²) in [5, 5.41) is 7.72. The smallest absolute Gasteiger partial charge is 0.238 e. The van der Waals surface area contributed by atoms with Gasteiger partial charge >= 0.3 is 0 Å². The first-order valence-corrected chi connectivity index (χ1v) is 7.31. The highest BCUT2D eigenvalue weighted by atomic mass is 32.2. The van der Waals surface area contributed by atoms with Gasteiger partial charge in [0.15, 0.2) is 0 Å². The summed E-state index contributed by atoms with van der Waals surface area (Å²) < 4.78 is 27.5. The van der Waals surface area contributed by atoms with Crippen LogP contribution in [0.5, 0.6) is 0 Å². The second-order valence-electron chi connectivity index (χ2n) is 4.17. The second-order valence-corrected chi connectivity index (χ2v) is 5.70. The Morgan fingerprint density at radius 2 is 2.11 bits per heavy atom. The average Bonchev–Trinajstić information content (AvgIpc) is 2.30. The summed E-state index contributed by atoms with van der Waals surface area (Å²) >= 11 is 0. The Kier molecular flexibility index (Phi) is 5.46. The number of amides is 1. The summed E-state index contributed by atoms with van der Waals surface area (Å²) in [7, 11) is -2.22. The van der Waals surface area contributed by atoms with Gasteiger partial charge in [-0.1, -0.05) is 6.07 Å². The van der Waals surface area contributed by atoms with Crippen molar-refractivity contribution in [3.8, 4) is 0 Å². The Labute approximate surface area is 113 Å². The van der Waals surface area contributed by atoms with E-state index in [-0.39, 0.29) is 10.8 Å². The van der Waals surface area contributed by atoms with E-state index in [1.165, 1.54) is 6.07 Å². The molecule has 0 saturated heterocycles. The molecule has 0 aliphatic carbocycles. The Morgan fingerprint density at radius 1 is 1.42 bits per heavy atom. The maximum absolute atomic E-state index is 11.6. The quantitative estimate of drug-likeness (QED) is 0.762. The summed E-state index contributed by atoms with van der Waals surface area (Å²) in [4.78, 5) is 11.6. The van der Waals surface area contributed by atoms with Gasteiger partial charge in [-0.2, -0.15) is 0 Å². The molecule has 6 nitrogen and oxygen atoms in total. The van der Waals surface area contributed by atoms with Gasteiger partial charge in [-0.05, 0) is 31.0 Å². The SMILES string of the molecule is COCCCC(=O)Nc1ccc(C)c(S(N)(=O)=O)c1. The lowest BCUT2D eigenvalue weighted by atomic mass is 10.2. The summed E-state index contributed by atoms with van der Waals surface area (Å²) in [6.45, 7) is 2.15. The topological polar surface area (TPSA) is 98.5 Å². The van der Waals surface area contributed by atoms with E-state index in [2.05, 4.69) is 5.32 Å². The number of hydrogen-bond donors (Lipinski definition) is 2. The number of nitrogens with two attached hydrogens (primary N) is 1. The zero-order valence-corrected chi connectivity index (χ0v) is 11.8. The van der Waals surface area contributed by atoms with Crippen molar-refractivity contribution in [3.63, 3.8) is 0 Å². The van der Waals surface area contributed by atoms with Gasteiger partial charge in [-0.25, -0.2) is 13.6 Å². The van der Waals surface area contributed by atoms with Crippen LogP contribution < -0.4 is 10.5 Å². The first kappa shape index (κ1) is 15.6. The van der Waals surface area contributed by atoms with Crippen molar-refractivity contribution in [2.24, 2.45) is 5.14 Å². The zero-order chi connectivity index (χ0) is 14.5. The van der Waals surface area contributed by atoms with Gasteiger partial charge in [0, 0.05) is 25.8 Å². The highest BCUT2D eigenvalue weighted by Crippen LogP contribution is 2.19. The van der Waals surface area contributed by atoms with Crippen LogP contribution in [0.15, 0.2) is 23.1 Å². The predicted molar refractivity (Wildman–Crippen MR) is 72.3 cm³/mol. The van der Waals surface area contributed by atoms with E-state index in [4.69, 9.17) is 9.88 Å². The molecule has 1 aromatic carbocycles. The molecule has 0 atom stereocenters. The van der Waals surface area contributed by atoms with E-state index in [9.17, 15) is 13.2 Å². The highest BCUT2D eigenvalue weighted by Gasteiger charge is 2.13. The molecule has 19 heavy (non-hydrogen) atoms. The van der Waals surface area contributed by atoms with Crippen LogP contribution in [-0.2, 0) is 19.6 Å². The fourth-order valence-electron chi connectivity index (χ4n) is 1.58. The number of primary sulfonamides is 1. The molecule has 0 aliphatic heterocycles. The monoisotopic (exact) mass is 286 g/mol. The van der Waals surface area contributed by atoms with E-state index in [1.54, 1.807) is 26.2 Å². The van der Waals surface area contributed by atoms with Crippen LogP contribution >= 0.6 is 0 Å². The molecule has 1 rings (SSSR count). The molecule has 106 valence electrons. The van der Waals surface area contributed by atoms with Gasteiger partial charge < -0.3 is 10.1 Å². The van der Waals surface area contributed by atoms with Gasteiger partial charge in [-0.3, -0.25) is 4.79 Å². The van der Waals surface area contributed by atoms with Crippen molar-refractivity contribution in [2.75, 3.05) is 19.0 Å². The number of methoxy groups -OCH3 is 1. The molecule has 0 spiro atoms. The van der Waals surface area contributed by atoms with Gasteiger partial charge in [0.05, 0.1) is 4.90 Å². The number of benzene rings is 1. The van der Waals surface area contributed by atoms with Crippen molar-refractivity contribution in [1.29, 1.82) is 0 Å². The lowest BCUT2D eigenvalue weighted by Crippen LogP contribution is -2.16. The minimum Gasteiger partial charge on any atom is -0.385 e. The fourth-order valence-corrected chi connectivity index (χ4v) is 2.39. The Bertz CT molecular complexity index is 555. The molecule has 3 N–H and O–H groups in total. The molecule has 0 unspecified atom stereocenters. The van der Waals surface area contributed by atoms with Crippen molar-refractivity contribution < 1.29 is 17.9 Å². The van der Waals surface area contributed by atoms with Crippen LogP contribution in [0.4, 0.5) is 5.69 Å². The largest absolute Gasteiger partial charge is 0.385 e. The molecular formula is C12H18N2O4S. The van der Waals surface area contributed by atoms with E-state index < -0.39 is 10.0 Å². The Balaban J connectivity index is 2.78. The number of nitrogens with one attached hydrogen (secondary N) is 1. The standard InChI is InChI=1S/C12H18N2O4S/c1-9-5-6-10(8-11(9)19(13,16)17)14-12(15)4-3-7-18-2/h5-6,8H,3-4,7H2,1-2H3,(H,14,15)(H2,13,16,17). The van der Waals surface area contributed by atoms with Crippen LogP contribution in [0.2, 0.25) is 0 Å². The lowest BCUT2D eigenvalue weighted by Gasteiger charge is -2.08. The highest BCUT2D eigenvalue weighted by molar-refractivity contribution is 7.89. The summed E-state index contributed by atoms with van der Waals surface area (Å²) in [5.74, 6) is -0.193. The van der Waals surface area contributed by atoms with Crippen molar-refractivity contribution in [2.45, 2.75) is 24.7 Å². The molecule has 0 saturated carbocycles. The number of hydrogen-bond acceptors (Lipinski definition) is 4. The number of carbonyl (C=O) groups is 1. The Morgan fingerprint density at radius 3 is 2.68 bits per heavy atom. The molecular weight excluding hydrogens is 268 g/mol. The minimum absolute atomic E-state index is 0.0159. The second kappa shape index (κ2) is 6.65. The number of ether oxygens (including phenoxy) is 1. The summed E-state index contributed by atoms with van der Waals surface area (Å²) in [6.07, 6.45) is 0.919.